The van der Waals surface area contributed by atoms with Crippen LogP contribution in [-0.2, 0) is 0 Å². The number of carbonyl (C=O) groups is 1. The Morgan fingerprint density at radius 2 is 2.25 bits per heavy atom. The third-order valence-corrected chi connectivity index (χ3v) is 3.15. The zero-order chi connectivity index (χ0) is 11.0. The summed E-state index contributed by atoms with van der Waals surface area (Å²) in [4.78, 5) is 21.9. The van der Waals surface area contributed by atoms with Crippen molar-refractivity contribution in [2.24, 2.45) is 0 Å². The number of aromatic nitrogens is 3. The van der Waals surface area contributed by atoms with Crippen molar-refractivity contribution in [2.75, 3.05) is 0 Å². The highest BCUT2D eigenvalue weighted by atomic mass is 32.1. The first-order valence-corrected chi connectivity index (χ1v) is 5.58. The number of nitrogens with one attached hydrogen (secondary N) is 1. The smallest absolute Gasteiger partial charge is 0.167 e. The van der Waals surface area contributed by atoms with Crippen molar-refractivity contribution < 1.29 is 4.79 Å². The quantitative estimate of drug-likeness (QED) is 0.687. The van der Waals surface area contributed by atoms with E-state index in [1.807, 2.05) is 17.5 Å². The van der Waals surface area contributed by atoms with E-state index in [4.69, 9.17) is 0 Å². The molecule has 3 aromatic rings. The molecule has 0 aliphatic carbocycles. The third kappa shape index (κ3) is 1.42. The van der Waals surface area contributed by atoms with Gasteiger partial charge in [0.05, 0.1) is 22.1 Å². The van der Waals surface area contributed by atoms with E-state index in [9.17, 15) is 4.79 Å². The van der Waals surface area contributed by atoms with Crippen LogP contribution >= 0.6 is 11.3 Å². The summed E-state index contributed by atoms with van der Waals surface area (Å²) < 4.78 is 1.11. The fraction of sp³-hybridized carbons (Fsp3) is 0. The first kappa shape index (κ1) is 9.23. The number of imidazole rings is 1. The van der Waals surface area contributed by atoms with Gasteiger partial charge in [-0.1, -0.05) is 0 Å². The second-order valence-corrected chi connectivity index (χ2v) is 4.28. The number of fused-ring (bicyclic) bond motifs is 1. The lowest BCUT2D eigenvalue weighted by Crippen LogP contribution is -1.83. The van der Waals surface area contributed by atoms with Crippen molar-refractivity contribution in [3.8, 4) is 11.4 Å². The monoisotopic (exact) mass is 229 g/mol. The molecule has 3 rings (SSSR count). The number of hydrogen-bond donors (Lipinski definition) is 1. The molecule has 4 nitrogen and oxygen atoms in total. The number of aldehydes is 1. The fourth-order valence-electron chi connectivity index (χ4n) is 1.52. The van der Waals surface area contributed by atoms with Crippen molar-refractivity contribution >= 4 is 27.8 Å². The van der Waals surface area contributed by atoms with E-state index < -0.39 is 0 Å². The van der Waals surface area contributed by atoms with E-state index in [2.05, 4.69) is 15.0 Å². The molecule has 0 saturated carbocycles. The summed E-state index contributed by atoms with van der Waals surface area (Å²) in [5.74, 6) is 0.671. The molecule has 0 unspecified atom stereocenters. The number of hydrogen-bond acceptors (Lipinski definition) is 4. The van der Waals surface area contributed by atoms with Crippen molar-refractivity contribution in [1.82, 2.24) is 15.0 Å². The van der Waals surface area contributed by atoms with Crippen LogP contribution in [0.1, 0.15) is 10.5 Å². The van der Waals surface area contributed by atoms with Crippen LogP contribution in [0.3, 0.4) is 0 Å². The SMILES string of the molecule is O=Cc1cnc(-c2cnc3ccsc3c2)[nH]1. The van der Waals surface area contributed by atoms with Crippen LogP contribution in [0.4, 0.5) is 0 Å². The van der Waals surface area contributed by atoms with Gasteiger partial charge in [-0.3, -0.25) is 9.78 Å². The maximum atomic E-state index is 10.5. The average Bonchev–Trinajstić information content (AvgIpc) is 2.96. The standard InChI is InChI=1S/C11H7N3OS/c15-6-8-5-13-11(14-8)7-3-10-9(12-4-7)1-2-16-10/h1-6H,(H,13,14). The molecule has 5 heteroatoms. The van der Waals surface area contributed by atoms with Gasteiger partial charge in [0.15, 0.2) is 6.29 Å². The van der Waals surface area contributed by atoms with Crippen molar-refractivity contribution in [3.63, 3.8) is 0 Å². The molecular weight excluding hydrogens is 222 g/mol. The fourth-order valence-corrected chi connectivity index (χ4v) is 2.30. The molecule has 0 fully saturated rings. The molecule has 0 aliphatic heterocycles. The third-order valence-electron chi connectivity index (χ3n) is 2.30. The summed E-state index contributed by atoms with van der Waals surface area (Å²) in [6.45, 7) is 0. The van der Waals surface area contributed by atoms with Gasteiger partial charge in [-0.15, -0.1) is 11.3 Å². The zero-order valence-corrected chi connectivity index (χ0v) is 8.99. The van der Waals surface area contributed by atoms with Crippen LogP contribution in [0.2, 0.25) is 0 Å². The molecule has 3 heterocycles. The van der Waals surface area contributed by atoms with Crippen LogP contribution in [0, 0.1) is 0 Å². The average molecular weight is 229 g/mol. The van der Waals surface area contributed by atoms with Crippen molar-refractivity contribution in [3.05, 3.63) is 35.6 Å². The van der Waals surface area contributed by atoms with E-state index in [1.165, 1.54) is 6.20 Å². The minimum Gasteiger partial charge on any atom is -0.336 e. The van der Waals surface area contributed by atoms with Gasteiger partial charge >= 0.3 is 0 Å². The number of thiophene rings is 1. The van der Waals surface area contributed by atoms with E-state index in [1.54, 1.807) is 17.5 Å². The number of carbonyl (C=O) groups excluding carboxylic acids is 1. The highest BCUT2D eigenvalue weighted by molar-refractivity contribution is 7.17. The largest absolute Gasteiger partial charge is 0.336 e. The number of H-pyrrole nitrogens is 1. The van der Waals surface area contributed by atoms with Gasteiger partial charge in [0.1, 0.15) is 5.82 Å². The van der Waals surface area contributed by atoms with Crippen molar-refractivity contribution in [1.29, 1.82) is 0 Å². The predicted octanol–water partition coefficient (Wildman–Crippen LogP) is 2.50. The molecule has 0 bridgehead atoms. The summed E-state index contributed by atoms with van der Waals surface area (Å²) in [6, 6.07) is 3.99. The Balaban J connectivity index is 2.13. The van der Waals surface area contributed by atoms with Crippen LogP contribution in [0.25, 0.3) is 21.6 Å². The number of nitrogens with zero attached hydrogens (tertiary/aromatic N) is 2. The summed E-state index contributed by atoms with van der Waals surface area (Å²) in [5, 5.41) is 2.00. The Labute approximate surface area is 95.0 Å². The van der Waals surface area contributed by atoms with Gasteiger partial charge in [-0.25, -0.2) is 4.98 Å². The molecule has 16 heavy (non-hydrogen) atoms. The maximum Gasteiger partial charge on any atom is 0.167 e. The van der Waals surface area contributed by atoms with E-state index in [0.717, 1.165) is 22.1 Å². The second kappa shape index (κ2) is 3.53. The highest BCUT2D eigenvalue weighted by Gasteiger charge is 2.05. The lowest BCUT2D eigenvalue weighted by Gasteiger charge is -1.95. The Morgan fingerprint density at radius 3 is 3.06 bits per heavy atom. The lowest BCUT2D eigenvalue weighted by molar-refractivity contribution is 0.111. The van der Waals surface area contributed by atoms with Crippen LogP contribution < -0.4 is 0 Å². The van der Waals surface area contributed by atoms with Gasteiger partial charge in [0.2, 0.25) is 0 Å². The van der Waals surface area contributed by atoms with Crippen LogP contribution in [-0.4, -0.2) is 21.2 Å². The molecule has 0 aromatic carbocycles. The Hall–Kier alpha value is -2.01. The van der Waals surface area contributed by atoms with Gasteiger partial charge in [-0.05, 0) is 17.5 Å². The molecule has 3 aromatic heterocycles. The molecule has 1 N–H and O–H groups in total. The molecule has 0 atom stereocenters. The van der Waals surface area contributed by atoms with E-state index in [-0.39, 0.29) is 0 Å². The number of rotatable bonds is 2. The molecule has 0 spiro atoms. The van der Waals surface area contributed by atoms with E-state index in [0.29, 0.717) is 11.5 Å². The summed E-state index contributed by atoms with van der Waals surface area (Å²) >= 11 is 1.63. The van der Waals surface area contributed by atoms with Gasteiger partial charge < -0.3 is 4.98 Å². The second-order valence-electron chi connectivity index (χ2n) is 3.33. The van der Waals surface area contributed by atoms with E-state index >= 15 is 0 Å². The Morgan fingerprint density at radius 1 is 1.31 bits per heavy atom. The maximum absolute atomic E-state index is 10.5. The topological polar surface area (TPSA) is 58.6 Å². The number of aromatic amines is 1. The minimum absolute atomic E-state index is 0.473. The number of pyridine rings is 1. The predicted molar refractivity (Wildman–Crippen MR) is 62.6 cm³/mol. The summed E-state index contributed by atoms with van der Waals surface area (Å²) in [6.07, 6.45) is 4.01. The van der Waals surface area contributed by atoms with Crippen LogP contribution in [0.15, 0.2) is 29.9 Å². The highest BCUT2D eigenvalue weighted by Crippen LogP contribution is 2.23. The lowest BCUT2D eigenvalue weighted by atomic mass is 10.2. The minimum atomic E-state index is 0.473. The van der Waals surface area contributed by atoms with Crippen LogP contribution in [0.5, 0.6) is 0 Å². The van der Waals surface area contributed by atoms with Crippen molar-refractivity contribution in [2.45, 2.75) is 0 Å². The first-order valence-electron chi connectivity index (χ1n) is 4.70. The van der Waals surface area contributed by atoms with Gasteiger partial charge in [0.25, 0.3) is 0 Å². The molecular formula is C11H7N3OS. The summed E-state index contributed by atoms with van der Waals surface area (Å²) in [7, 11) is 0. The summed E-state index contributed by atoms with van der Waals surface area (Å²) in [5.41, 5.74) is 2.35. The zero-order valence-electron chi connectivity index (χ0n) is 8.18. The molecule has 78 valence electrons. The normalized spacial score (nSPS) is 10.8. The Bertz CT molecular complexity index is 656. The molecule has 0 aliphatic rings. The molecule has 0 amide bonds. The molecule has 0 saturated heterocycles. The van der Waals surface area contributed by atoms with Gasteiger partial charge in [-0.2, -0.15) is 0 Å². The molecule has 0 radical (unpaired) electrons. The Kier molecular flexibility index (Phi) is 2.04. The van der Waals surface area contributed by atoms with Gasteiger partial charge in [0, 0.05) is 11.8 Å². The first-order chi connectivity index (χ1) is 7.86.